The Balaban J connectivity index is 2.52. The molecule has 0 spiro atoms. The molecule has 1 rings (SSSR count). The molecule has 2 N–H and O–H groups in total. The van der Waals surface area contributed by atoms with Gasteiger partial charge in [0.25, 0.3) is 5.91 Å². The molecule has 1 aromatic carbocycles. The SMILES string of the molecule is CCC(CCO)NC(=O)C(C)Oc1cccc(Br)c1. The lowest BCUT2D eigenvalue weighted by Gasteiger charge is -2.20. The molecular formula is C14H20BrNO3. The standard InChI is InChI=1S/C14H20BrNO3/c1-3-12(7-8-17)16-14(18)10(2)19-13-6-4-5-11(15)9-13/h4-6,9-10,12,17H,3,7-8H2,1-2H3,(H,16,18). The predicted molar refractivity (Wildman–Crippen MR) is 78.2 cm³/mol. The summed E-state index contributed by atoms with van der Waals surface area (Å²) in [5.74, 6) is 0.479. The van der Waals surface area contributed by atoms with Gasteiger partial charge in [0.15, 0.2) is 6.10 Å². The molecule has 4 nitrogen and oxygen atoms in total. The van der Waals surface area contributed by atoms with E-state index in [9.17, 15) is 4.79 Å². The molecule has 0 saturated carbocycles. The lowest BCUT2D eigenvalue weighted by atomic mass is 10.1. The highest BCUT2D eigenvalue weighted by Gasteiger charge is 2.17. The van der Waals surface area contributed by atoms with Gasteiger partial charge in [0.05, 0.1) is 0 Å². The molecule has 106 valence electrons. The van der Waals surface area contributed by atoms with Crippen LogP contribution in [0.25, 0.3) is 0 Å². The minimum atomic E-state index is -0.568. The van der Waals surface area contributed by atoms with Gasteiger partial charge < -0.3 is 15.2 Å². The van der Waals surface area contributed by atoms with Crippen molar-refractivity contribution in [1.29, 1.82) is 0 Å². The second kappa shape index (κ2) is 8.17. The van der Waals surface area contributed by atoms with Crippen molar-refractivity contribution < 1.29 is 14.6 Å². The number of rotatable bonds is 7. The lowest BCUT2D eigenvalue weighted by molar-refractivity contribution is -0.128. The Morgan fingerprint density at radius 1 is 1.53 bits per heavy atom. The van der Waals surface area contributed by atoms with Gasteiger partial charge in [-0.2, -0.15) is 0 Å². The van der Waals surface area contributed by atoms with Gasteiger partial charge in [-0.25, -0.2) is 0 Å². The first-order valence-electron chi connectivity index (χ1n) is 6.40. The molecule has 2 atom stereocenters. The molecule has 0 saturated heterocycles. The van der Waals surface area contributed by atoms with Crippen molar-refractivity contribution in [2.24, 2.45) is 0 Å². The molecule has 0 radical (unpaired) electrons. The normalized spacial score (nSPS) is 13.7. The highest BCUT2D eigenvalue weighted by Crippen LogP contribution is 2.18. The Bertz CT molecular complexity index is 411. The number of ether oxygens (including phenoxy) is 1. The maximum absolute atomic E-state index is 11.9. The fourth-order valence-corrected chi connectivity index (χ4v) is 2.03. The van der Waals surface area contributed by atoms with E-state index in [1.54, 1.807) is 13.0 Å². The summed E-state index contributed by atoms with van der Waals surface area (Å²) in [5.41, 5.74) is 0. The maximum atomic E-state index is 11.9. The van der Waals surface area contributed by atoms with E-state index in [1.165, 1.54) is 0 Å². The van der Waals surface area contributed by atoms with Gasteiger partial charge in [0.1, 0.15) is 5.75 Å². The largest absolute Gasteiger partial charge is 0.481 e. The summed E-state index contributed by atoms with van der Waals surface area (Å²) >= 11 is 3.35. The second-order valence-corrected chi connectivity index (χ2v) is 5.26. The van der Waals surface area contributed by atoms with E-state index in [4.69, 9.17) is 9.84 Å². The van der Waals surface area contributed by atoms with E-state index in [-0.39, 0.29) is 18.6 Å². The minimum Gasteiger partial charge on any atom is -0.481 e. The van der Waals surface area contributed by atoms with Crippen LogP contribution in [-0.4, -0.2) is 29.8 Å². The van der Waals surface area contributed by atoms with Crippen LogP contribution < -0.4 is 10.1 Å². The molecule has 0 aromatic heterocycles. The lowest BCUT2D eigenvalue weighted by Crippen LogP contribution is -2.42. The van der Waals surface area contributed by atoms with Crippen LogP contribution in [0.4, 0.5) is 0 Å². The maximum Gasteiger partial charge on any atom is 0.260 e. The number of hydrogen-bond acceptors (Lipinski definition) is 3. The zero-order valence-electron chi connectivity index (χ0n) is 11.2. The topological polar surface area (TPSA) is 58.6 Å². The number of hydrogen-bond donors (Lipinski definition) is 2. The van der Waals surface area contributed by atoms with E-state index in [0.29, 0.717) is 12.2 Å². The van der Waals surface area contributed by atoms with Gasteiger partial charge in [-0.05, 0) is 38.0 Å². The zero-order chi connectivity index (χ0) is 14.3. The molecule has 0 heterocycles. The first-order chi connectivity index (χ1) is 9.06. The predicted octanol–water partition coefficient (Wildman–Crippen LogP) is 2.49. The van der Waals surface area contributed by atoms with Crippen LogP contribution in [-0.2, 0) is 4.79 Å². The number of benzene rings is 1. The van der Waals surface area contributed by atoms with E-state index in [0.717, 1.165) is 10.9 Å². The first kappa shape index (κ1) is 16.0. The van der Waals surface area contributed by atoms with Crippen molar-refractivity contribution in [2.75, 3.05) is 6.61 Å². The number of aliphatic hydroxyl groups is 1. The van der Waals surface area contributed by atoms with E-state index in [2.05, 4.69) is 21.2 Å². The fourth-order valence-electron chi connectivity index (χ4n) is 1.65. The van der Waals surface area contributed by atoms with Crippen molar-refractivity contribution in [3.05, 3.63) is 28.7 Å². The van der Waals surface area contributed by atoms with Crippen molar-refractivity contribution in [1.82, 2.24) is 5.32 Å². The van der Waals surface area contributed by atoms with Crippen LogP contribution in [0, 0.1) is 0 Å². The summed E-state index contributed by atoms with van der Waals surface area (Å²) in [7, 11) is 0. The summed E-state index contributed by atoms with van der Waals surface area (Å²) in [6, 6.07) is 7.36. The molecule has 0 bridgehead atoms. The molecular weight excluding hydrogens is 310 g/mol. The number of carbonyl (C=O) groups excluding carboxylic acids is 1. The van der Waals surface area contributed by atoms with Crippen molar-refractivity contribution >= 4 is 21.8 Å². The third-order valence-corrected chi connectivity index (χ3v) is 3.29. The monoisotopic (exact) mass is 329 g/mol. The van der Waals surface area contributed by atoms with Crippen LogP contribution in [0.2, 0.25) is 0 Å². The second-order valence-electron chi connectivity index (χ2n) is 4.34. The Morgan fingerprint density at radius 2 is 2.26 bits per heavy atom. The molecule has 1 aromatic rings. The molecule has 2 unspecified atom stereocenters. The third-order valence-electron chi connectivity index (χ3n) is 2.79. The number of carbonyl (C=O) groups is 1. The van der Waals surface area contributed by atoms with Crippen LogP contribution in [0.3, 0.4) is 0 Å². The first-order valence-corrected chi connectivity index (χ1v) is 7.19. The molecule has 0 fully saturated rings. The molecule has 5 heteroatoms. The highest BCUT2D eigenvalue weighted by atomic mass is 79.9. The van der Waals surface area contributed by atoms with Crippen LogP contribution in [0.1, 0.15) is 26.7 Å². The summed E-state index contributed by atoms with van der Waals surface area (Å²) in [5, 5.41) is 11.8. The van der Waals surface area contributed by atoms with Gasteiger partial charge in [-0.15, -0.1) is 0 Å². The van der Waals surface area contributed by atoms with E-state index >= 15 is 0 Å². The summed E-state index contributed by atoms with van der Waals surface area (Å²) in [4.78, 5) is 11.9. The summed E-state index contributed by atoms with van der Waals surface area (Å²) < 4.78 is 6.48. The van der Waals surface area contributed by atoms with Crippen LogP contribution in [0.15, 0.2) is 28.7 Å². The molecule has 0 aliphatic heterocycles. The van der Waals surface area contributed by atoms with Crippen LogP contribution >= 0.6 is 15.9 Å². The van der Waals surface area contributed by atoms with Gasteiger partial charge in [-0.1, -0.05) is 28.9 Å². The number of halogens is 1. The number of amides is 1. The van der Waals surface area contributed by atoms with Crippen LogP contribution in [0.5, 0.6) is 5.75 Å². The Labute approximate surface area is 122 Å². The highest BCUT2D eigenvalue weighted by molar-refractivity contribution is 9.10. The third kappa shape index (κ3) is 5.61. The Kier molecular flexibility index (Phi) is 6.87. The molecule has 19 heavy (non-hydrogen) atoms. The zero-order valence-corrected chi connectivity index (χ0v) is 12.8. The van der Waals surface area contributed by atoms with Crippen molar-refractivity contribution in [2.45, 2.75) is 38.8 Å². The number of aliphatic hydroxyl groups excluding tert-OH is 1. The summed E-state index contributed by atoms with van der Waals surface area (Å²) in [6.07, 6.45) is 0.781. The summed E-state index contributed by atoms with van der Waals surface area (Å²) in [6.45, 7) is 3.75. The van der Waals surface area contributed by atoms with Gasteiger partial charge in [-0.3, -0.25) is 4.79 Å². The quantitative estimate of drug-likeness (QED) is 0.808. The fraction of sp³-hybridized carbons (Fsp3) is 0.500. The van der Waals surface area contributed by atoms with Gasteiger partial charge in [0, 0.05) is 17.1 Å². The van der Waals surface area contributed by atoms with Crippen molar-refractivity contribution in [3.8, 4) is 5.75 Å². The molecule has 1 amide bonds. The number of nitrogens with one attached hydrogen (secondary N) is 1. The average Bonchev–Trinajstić information content (AvgIpc) is 2.38. The van der Waals surface area contributed by atoms with Gasteiger partial charge >= 0.3 is 0 Å². The van der Waals surface area contributed by atoms with Crippen molar-refractivity contribution in [3.63, 3.8) is 0 Å². The molecule has 0 aliphatic rings. The Hall–Kier alpha value is -1.07. The average molecular weight is 330 g/mol. The van der Waals surface area contributed by atoms with Gasteiger partial charge in [0.2, 0.25) is 0 Å². The molecule has 0 aliphatic carbocycles. The van der Waals surface area contributed by atoms with E-state index < -0.39 is 6.10 Å². The van der Waals surface area contributed by atoms with E-state index in [1.807, 2.05) is 25.1 Å². The minimum absolute atomic E-state index is 0.00828. The smallest absolute Gasteiger partial charge is 0.260 e. The Morgan fingerprint density at radius 3 is 2.84 bits per heavy atom.